The van der Waals surface area contributed by atoms with Crippen molar-refractivity contribution in [1.82, 2.24) is 4.57 Å². The van der Waals surface area contributed by atoms with Gasteiger partial charge in [0.15, 0.2) is 0 Å². The van der Waals surface area contributed by atoms with Gasteiger partial charge in [-0.1, -0.05) is 54.1 Å². The molecular formula is C23H22ClNO2. The third-order valence-corrected chi connectivity index (χ3v) is 5.02. The van der Waals surface area contributed by atoms with Crippen LogP contribution in [-0.4, -0.2) is 24.4 Å². The van der Waals surface area contributed by atoms with Gasteiger partial charge in [0.25, 0.3) is 0 Å². The maximum absolute atomic E-state index is 6.15. The molecule has 3 aromatic carbocycles. The van der Waals surface area contributed by atoms with Crippen LogP contribution >= 0.6 is 11.6 Å². The van der Waals surface area contributed by atoms with E-state index in [0.717, 1.165) is 12.1 Å². The topological polar surface area (TPSA) is 23.4 Å². The normalized spacial score (nSPS) is 11.3. The fourth-order valence-electron chi connectivity index (χ4n) is 3.43. The number of hydrogen-bond donors (Lipinski definition) is 0. The lowest BCUT2D eigenvalue weighted by molar-refractivity contribution is 0.0955. The third-order valence-electron chi connectivity index (χ3n) is 4.71. The average molecular weight is 380 g/mol. The molecule has 0 spiro atoms. The molecule has 0 unspecified atom stereocenters. The highest BCUT2D eigenvalue weighted by molar-refractivity contribution is 6.32. The Kier molecular flexibility index (Phi) is 5.33. The van der Waals surface area contributed by atoms with Gasteiger partial charge in [-0.15, -0.1) is 0 Å². The Morgan fingerprint density at radius 2 is 1.48 bits per heavy atom. The van der Waals surface area contributed by atoms with Crippen molar-refractivity contribution >= 4 is 33.4 Å². The molecule has 4 heteroatoms. The van der Waals surface area contributed by atoms with Crippen LogP contribution < -0.4 is 4.74 Å². The number of ether oxygens (including phenoxy) is 2. The Balaban J connectivity index is 1.36. The second-order valence-electron chi connectivity index (χ2n) is 6.58. The first-order valence-corrected chi connectivity index (χ1v) is 9.54. The Bertz CT molecular complexity index is 1020. The number of para-hydroxylation sites is 2. The zero-order valence-corrected chi connectivity index (χ0v) is 16.1. The molecule has 0 amide bonds. The summed E-state index contributed by atoms with van der Waals surface area (Å²) in [5.41, 5.74) is 3.61. The van der Waals surface area contributed by atoms with Crippen LogP contribution in [0.4, 0.5) is 0 Å². The molecule has 3 nitrogen and oxygen atoms in total. The number of halogens is 1. The van der Waals surface area contributed by atoms with Crippen molar-refractivity contribution in [3.63, 3.8) is 0 Å². The highest BCUT2D eigenvalue weighted by Gasteiger charge is 2.09. The molecule has 27 heavy (non-hydrogen) atoms. The molecule has 0 radical (unpaired) electrons. The van der Waals surface area contributed by atoms with Crippen molar-refractivity contribution in [3.05, 3.63) is 77.3 Å². The van der Waals surface area contributed by atoms with Crippen molar-refractivity contribution in [1.29, 1.82) is 0 Å². The van der Waals surface area contributed by atoms with E-state index in [-0.39, 0.29) is 0 Å². The van der Waals surface area contributed by atoms with Crippen LogP contribution in [0.5, 0.6) is 5.75 Å². The number of fused-ring (bicyclic) bond motifs is 3. The van der Waals surface area contributed by atoms with E-state index in [9.17, 15) is 0 Å². The second-order valence-corrected chi connectivity index (χ2v) is 6.99. The van der Waals surface area contributed by atoms with Crippen LogP contribution in [0.15, 0.2) is 66.7 Å². The van der Waals surface area contributed by atoms with Crippen LogP contribution in [0.1, 0.15) is 5.56 Å². The molecule has 0 aliphatic carbocycles. The van der Waals surface area contributed by atoms with Gasteiger partial charge in [0.2, 0.25) is 0 Å². The van der Waals surface area contributed by atoms with Gasteiger partial charge in [0.05, 0.1) is 18.2 Å². The van der Waals surface area contributed by atoms with E-state index in [4.69, 9.17) is 21.1 Å². The zero-order chi connectivity index (χ0) is 18.6. The number of aryl methyl sites for hydroxylation is 1. The summed E-state index contributed by atoms with van der Waals surface area (Å²) in [5.74, 6) is 0.711. The SMILES string of the molecule is Cc1ccc(Cl)c(OCCOCCn2c3ccccc3c3ccccc32)c1. The molecule has 0 saturated heterocycles. The lowest BCUT2D eigenvalue weighted by Gasteiger charge is -2.11. The third kappa shape index (κ3) is 3.80. The molecule has 4 aromatic rings. The number of benzene rings is 3. The van der Waals surface area contributed by atoms with E-state index in [1.807, 2.05) is 25.1 Å². The predicted molar refractivity (Wildman–Crippen MR) is 112 cm³/mol. The lowest BCUT2D eigenvalue weighted by atomic mass is 10.2. The fourth-order valence-corrected chi connectivity index (χ4v) is 3.61. The summed E-state index contributed by atoms with van der Waals surface area (Å²) in [6.45, 7) is 4.47. The van der Waals surface area contributed by atoms with E-state index < -0.39 is 0 Å². The van der Waals surface area contributed by atoms with Crippen LogP contribution in [0, 0.1) is 6.92 Å². The Labute approximate surface area is 164 Å². The predicted octanol–water partition coefficient (Wildman–Crippen LogP) is 5.85. The summed E-state index contributed by atoms with van der Waals surface area (Å²) >= 11 is 6.15. The van der Waals surface area contributed by atoms with Crippen LogP contribution in [0.3, 0.4) is 0 Å². The minimum Gasteiger partial charge on any atom is -0.490 e. The Morgan fingerprint density at radius 1 is 0.815 bits per heavy atom. The van der Waals surface area contributed by atoms with E-state index in [1.165, 1.54) is 21.8 Å². The fraction of sp³-hybridized carbons (Fsp3) is 0.217. The summed E-state index contributed by atoms with van der Waals surface area (Å²) in [6, 6.07) is 22.8. The lowest BCUT2D eigenvalue weighted by Crippen LogP contribution is -2.11. The average Bonchev–Trinajstić information content (AvgIpc) is 3.01. The second kappa shape index (κ2) is 8.03. The monoisotopic (exact) mass is 379 g/mol. The Hall–Kier alpha value is -2.49. The standard InChI is InChI=1S/C23H22ClNO2/c1-17-10-11-20(24)23(16-17)27-15-14-26-13-12-25-21-8-4-2-6-18(21)19-7-3-5-9-22(19)25/h2-11,16H,12-15H2,1H3. The molecule has 0 bridgehead atoms. The smallest absolute Gasteiger partial charge is 0.138 e. The molecule has 0 fully saturated rings. The largest absolute Gasteiger partial charge is 0.490 e. The minimum atomic E-state index is 0.482. The molecule has 0 N–H and O–H groups in total. The highest BCUT2D eigenvalue weighted by atomic mass is 35.5. The van der Waals surface area contributed by atoms with E-state index in [2.05, 4.69) is 53.1 Å². The summed E-state index contributed by atoms with van der Waals surface area (Å²) in [4.78, 5) is 0. The number of hydrogen-bond acceptors (Lipinski definition) is 2. The molecular weight excluding hydrogens is 358 g/mol. The molecule has 0 saturated carbocycles. The van der Waals surface area contributed by atoms with Gasteiger partial charge in [-0.3, -0.25) is 0 Å². The van der Waals surface area contributed by atoms with Gasteiger partial charge in [-0.2, -0.15) is 0 Å². The number of aromatic nitrogens is 1. The molecule has 138 valence electrons. The molecule has 4 rings (SSSR count). The molecule has 0 aliphatic heterocycles. The number of rotatable bonds is 7. The first-order valence-electron chi connectivity index (χ1n) is 9.17. The summed E-state index contributed by atoms with van der Waals surface area (Å²) in [7, 11) is 0. The van der Waals surface area contributed by atoms with Gasteiger partial charge in [0.1, 0.15) is 12.4 Å². The zero-order valence-electron chi connectivity index (χ0n) is 15.3. The van der Waals surface area contributed by atoms with E-state index in [1.54, 1.807) is 0 Å². The van der Waals surface area contributed by atoms with Gasteiger partial charge in [0, 0.05) is 28.4 Å². The van der Waals surface area contributed by atoms with E-state index >= 15 is 0 Å². The van der Waals surface area contributed by atoms with Crippen LogP contribution in [0.25, 0.3) is 21.8 Å². The van der Waals surface area contributed by atoms with Crippen molar-refractivity contribution < 1.29 is 9.47 Å². The van der Waals surface area contributed by atoms with Crippen molar-refractivity contribution in [3.8, 4) is 5.75 Å². The maximum atomic E-state index is 6.15. The minimum absolute atomic E-state index is 0.482. The van der Waals surface area contributed by atoms with Crippen LogP contribution in [0.2, 0.25) is 5.02 Å². The first kappa shape index (κ1) is 17.9. The maximum Gasteiger partial charge on any atom is 0.138 e. The molecule has 0 atom stereocenters. The summed E-state index contributed by atoms with van der Waals surface area (Å²) in [6.07, 6.45) is 0. The highest BCUT2D eigenvalue weighted by Crippen LogP contribution is 2.28. The van der Waals surface area contributed by atoms with Gasteiger partial charge in [-0.25, -0.2) is 0 Å². The van der Waals surface area contributed by atoms with Crippen molar-refractivity contribution in [2.75, 3.05) is 19.8 Å². The van der Waals surface area contributed by atoms with Gasteiger partial charge >= 0.3 is 0 Å². The van der Waals surface area contributed by atoms with Gasteiger partial charge in [-0.05, 0) is 36.8 Å². The molecule has 0 aliphatic rings. The molecule has 1 aromatic heterocycles. The quantitative estimate of drug-likeness (QED) is 0.376. The first-order chi connectivity index (χ1) is 13.2. The van der Waals surface area contributed by atoms with Crippen LogP contribution in [-0.2, 0) is 11.3 Å². The Morgan fingerprint density at radius 3 is 2.19 bits per heavy atom. The van der Waals surface area contributed by atoms with Gasteiger partial charge < -0.3 is 14.0 Å². The number of nitrogens with zero attached hydrogens (tertiary/aromatic N) is 1. The van der Waals surface area contributed by atoms with E-state index in [0.29, 0.717) is 30.6 Å². The van der Waals surface area contributed by atoms with Crippen molar-refractivity contribution in [2.24, 2.45) is 0 Å². The summed E-state index contributed by atoms with van der Waals surface area (Å²) in [5, 5.41) is 3.20. The van der Waals surface area contributed by atoms with Crippen molar-refractivity contribution in [2.45, 2.75) is 13.5 Å². The summed E-state index contributed by atoms with van der Waals surface area (Å²) < 4.78 is 13.9. The molecule has 1 heterocycles.